The molecule has 2 heterocycles. The first-order chi connectivity index (χ1) is 14.1. The molecule has 2 aromatic heterocycles. The predicted octanol–water partition coefficient (Wildman–Crippen LogP) is 3.17. The van der Waals surface area contributed by atoms with Gasteiger partial charge in [0.1, 0.15) is 11.6 Å². The molecule has 4 aromatic rings. The Hall–Kier alpha value is -3.88. The molecule has 3 N–H and O–H groups in total. The zero-order valence-corrected chi connectivity index (χ0v) is 15.9. The number of nitrogens with one attached hydrogen (secondary N) is 1. The van der Waals surface area contributed by atoms with E-state index in [1.165, 1.54) is 6.07 Å². The third-order valence-corrected chi connectivity index (χ3v) is 4.48. The van der Waals surface area contributed by atoms with Crippen LogP contribution in [0.2, 0.25) is 0 Å². The van der Waals surface area contributed by atoms with Crippen molar-refractivity contribution in [1.29, 1.82) is 0 Å². The average Bonchev–Trinajstić information content (AvgIpc) is 3.26. The summed E-state index contributed by atoms with van der Waals surface area (Å²) in [5.74, 6) is 1.38. The summed E-state index contributed by atoms with van der Waals surface area (Å²) in [4.78, 5) is 12.7. The van der Waals surface area contributed by atoms with Gasteiger partial charge in [-0.1, -0.05) is 6.07 Å². The summed E-state index contributed by atoms with van der Waals surface area (Å²) in [7, 11) is 3.10. The third kappa shape index (κ3) is 3.62. The van der Waals surface area contributed by atoms with Crippen LogP contribution in [0.5, 0.6) is 11.5 Å². The number of nitrogens with two attached hydrogens (primary N) is 1. The number of imidazole rings is 1. The van der Waals surface area contributed by atoms with E-state index in [1.54, 1.807) is 55.7 Å². The van der Waals surface area contributed by atoms with Crippen molar-refractivity contribution in [3.05, 3.63) is 60.4 Å². The van der Waals surface area contributed by atoms with Crippen molar-refractivity contribution in [2.75, 3.05) is 25.3 Å². The molecule has 4 rings (SSSR count). The van der Waals surface area contributed by atoms with Gasteiger partial charge in [-0.2, -0.15) is 4.98 Å². The number of rotatable bonds is 6. The largest absolute Gasteiger partial charge is 0.493 e. The maximum absolute atomic E-state index is 14.4. The van der Waals surface area contributed by atoms with E-state index in [9.17, 15) is 4.39 Å². The standard InChI is InChI=1S/C20H19FN6O2/c1-28-17-8-13-15(9-18(17)29-2)25-20(26-19(13)22)24-10-12-3-4-16(14(21)7-12)27-6-5-23-11-27/h3-9,11H,10H2,1-2H3,(H3,22,24,25,26). The lowest BCUT2D eigenvalue weighted by molar-refractivity contribution is 0.356. The summed E-state index contributed by atoms with van der Waals surface area (Å²) in [6, 6.07) is 8.44. The Kier molecular flexibility index (Phi) is 4.86. The van der Waals surface area contributed by atoms with E-state index in [4.69, 9.17) is 15.2 Å². The number of ether oxygens (including phenoxy) is 2. The molecule has 9 heteroatoms. The highest BCUT2D eigenvalue weighted by Gasteiger charge is 2.12. The Labute approximate surface area is 166 Å². The molecule has 0 amide bonds. The smallest absolute Gasteiger partial charge is 0.225 e. The molecular formula is C20H19FN6O2. The molecule has 0 aliphatic heterocycles. The van der Waals surface area contributed by atoms with Gasteiger partial charge in [-0.25, -0.2) is 14.4 Å². The molecule has 0 aliphatic carbocycles. The fourth-order valence-electron chi connectivity index (χ4n) is 3.01. The number of aromatic nitrogens is 4. The van der Waals surface area contributed by atoms with E-state index in [0.717, 1.165) is 5.56 Å². The van der Waals surface area contributed by atoms with Gasteiger partial charge in [-0.15, -0.1) is 0 Å². The number of hydrogen-bond acceptors (Lipinski definition) is 7. The maximum atomic E-state index is 14.4. The van der Waals surface area contributed by atoms with E-state index in [2.05, 4.69) is 20.3 Å². The second kappa shape index (κ2) is 7.63. The molecule has 0 spiro atoms. The Morgan fingerprint density at radius 2 is 1.90 bits per heavy atom. The van der Waals surface area contributed by atoms with Crippen molar-refractivity contribution in [2.24, 2.45) is 0 Å². The summed E-state index contributed by atoms with van der Waals surface area (Å²) in [6.07, 6.45) is 4.83. The molecule has 8 nitrogen and oxygen atoms in total. The number of benzene rings is 2. The van der Waals surface area contributed by atoms with Crippen molar-refractivity contribution in [3.63, 3.8) is 0 Å². The highest BCUT2D eigenvalue weighted by atomic mass is 19.1. The van der Waals surface area contributed by atoms with E-state index >= 15 is 0 Å². The summed E-state index contributed by atoms with van der Waals surface area (Å²) in [6.45, 7) is 0.333. The van der Waals surface area contributed by atoms with Crippen molar-refractivity contribution < 1.29 is 13.9 Å². The molecule has 0 aliphatic rings. The van der Waals surface area contributed by atoms with Crippen LogP contribution in [0.3, 0.4) is 0 Å². The second-order valence-electron chi connectivity index (χ2n) is 6.27. The van der Waals surface area contributed by atoms with Gasteiger partial charge in [0.2, 0.25) is 5.95 Å². The van der Waals surface area contributed by atoms with E-state index in [1.807, 2.05) is 6.07 Å². The molecule has 0 atom stereocenters. The van der Waals surface area contributed by atoms with Gasteiger partial charge in [0.15, 0.2) is 11.5 Å². The SMILES string of the molecule is COc1cc2nc(NCc3ccc(-n4ccnc4)c(F)c3)nc(N)c2cc1OC. The van der Waals surface area contributed by atoms with Crippen molar-refractivity contribution in [2.45, 2.75) is 6.54 Å². The molecule has 0 radical (unpaired) electrons. The lowest BCUT2D eigenvalue weighted by atomic mass is 10.2. The Bertz CT molecular complexity index is 1160. The van der Waals surface area contributed by atoms with Crippen LogP contribution >= 0.6 is 0 Å². The highest BCUT2D eigenvalue weighted by molar-refractivity contribution is 5.91. The zero-order valence-electron chi connectivity index (χ0n) is 15.9. The molecule has 2 aromatic carbocycles. The van der Waals surface area contributed by atoms with E-state index in [0.29, 0.717) is 46.4 Å². The number of nitrogens with zero attached hydrogens (tertiary/aromatic N) is 4. The molecule has 0 fully saturated rings. The summed E-state index contributed by atoms with van der Waals surface area (Å²) < 4.78 is 26.6. The minimum Gasteiger partial charge on any atom is -0.493 e. The highest BCUT2D eigenvalue weighted by Crippen LogP contribution is 2.33. The topological polar surface area (TPSA) is 100 Å². The monoisotopic (exact) mass is 394 g/mol. The van der Waals surface area contributed by atoms with Crippen LogP contribution in [0.4, 0.5) is 16.2 Å². The van der Waals surface area contributed by atoms with Gasteiger partial charge < -0.3 is 25.1 Å². The minimum atomic E-state index is -0.349. The number of fused-ring (bicyclic) bond motifs is 1. The molecular weight excluding hydrogens is 375 g/mol. The predicted molar refractivity (Wildman–Crippen MR) is 108 cm³/mol. The average molecular weight is 394 g/mol. The third-order valence-electron chi connectivity index (χ3n) is 4.48. The molecule has 148 valence electrons. The number of nitrogen functional groups attached to an aromatic ring is 1. The lowest BCUT2D eigenvalue weighted by Gasteiger charge is -2.12. The van der Waals surface area contributed by atoms with Crippen molar-refractivity contribution >= 4 is 22.7 Å². The van der Waals surface area contributed by atoms with Gasteiger partial charge in [-0.3, -0.25) is 0 Å². The molecule has 29 heavy (non-hydrogen) atoms. The Balaban J connectivity index is 1.57. The lowest BCUT2D eigenvalue weighted by Crippen LogP contribution is -2.07. The Morgan fingerprint density at radius 3 is 2.59 bits per heavy atom. The first-order valence-corrected chi connectivity index (χ1v) is 8.79. The summed E-state index contributed by atoms with van der Waals surface area (Å²) >= 11 is 0. The Morgan fingerprint density at radius 1 is 1.10 bits per heavy atom. The van der Waals surface area contributed by atoms with Crippen LogP contribution in [0.15, 0.2) is 49.1 Å². The van der Waals surface area contributed by atoms with Gasteiger partial charge in [0.05, 0.1) is 31.8 Å². The number of hydrogen-bond donors (Lipinski definition) is 2. The van der Waals surface area contributed by atoms with E-state index in [-0.39, 0.29) is 5.82 Å². The summed E-state index contributed by atoms with van der Waals surface area (Å²) in [5, 5.41) is 3.74. The molecule has 0 saturated carbocycles. The molecule has 0 bridgehead atoms. The first-order valence-electron chi connectivity index (χ1n) is 8.79. The number of methoxy groups -OCH3 is 2. The first kappa shape index (κ1) is 18.5. The number of halogens is 1. The number of anilines is 2. The van der Waals surface area contributed by atoms with Crippen LogP contribution in [0.25, 0.3) is 16.6 Å². The van der Waals surface area contributed by atoms with Crippen LogP contribution in [-0.2, 0) is 6.54 Å². The van der Waals surface area contributed by atoms with Crippen LogP contribution in [0, 0.1) is 5.82 Å². The van der Waals surface area contributed by atoms with Crippen molar-refractivity contribution in [1.82, 2.24) is 19.5 Å². The molecule has 0 unspecified atom stereocenters. The maximum Gasteiger partial charge on any atom is 0.225 e. The van der Waals surface area contributed by atoms with Gasteiger partial charge >= 0.3 is 0 Å². The quantitative estimate of drug-likeness (QED) is 0.518. The molecule has 0 saturated heterocycles. The zero-order chi connectivity index (χ0) is 20.4. The van der Waals surface area contributed by atoms with Crippen LogP contribution in [0.1, 0.15) is 5.56 Å². The fourth-order valence-corrected chi connectivity index (χ4v) is 3.01. The summed E-state index contributed by atoms with van der Waals surface area (Å²) in [5.41, 5.74) is 7.86. The normalized spacial score (nSPS) is 10.9. The van der Waals surface area contributed by atoms with Crippen LogP contribution in [-0.4, -0.2) is 33.7 Å². The second-order valence-corrected chi connectivity index (χ2v) is 6.27. The minimum absolute atomic E-state index is 0.306. The van der Waals surface area contributed by atoms with E-state index < -0.39 is 0 Å². The van der Waals surface area contributed by atoms with Gasteiger partial charge in [0.25, 0.3) is 0 Å². The van der Waals surface area contributed by atoms with Gasteiger partial charge in [-0.05, 0) is 23.8 Å². The van der Waals surface area contributed by atoms with Crippen LogP contribution < -0.4 is 20.5 Å². The fraction of sp³-hybridized carbons (Fsp3) is 0.150. The van der Waals surface area contributed by atoms with Crippen molar-refractivity contribution in [3.8, 4) is 17.2 Å². The van der Waals surface area contributed by atoms with Gasteiger partial charge in [0, 0.05) is 30.4 Å².